The quantitative estimate of drug-likeness (QED) is 0.173. The minimum Gasteiger partial charge on any atom is -0.379 e. The van der Waals surface area contributed by atoms with Gasteiger partial charge in [0.05, 0.1) is 26.4 Å². The summed E-state index contributed by atoms with van der Waals surface area (Å²) in [5.74, 6) is 0.437. The largest absolute Gasteiger partial charge is 0.379 e. The van der Waals surface area contributed by atoms with Crippen molar-refractivity contribution in [3.8, 4) is 0 Å². The van der Waals surface area contributed by atoms with Crippen molar-refractivity contribution in [3.05, 3.63) is 35.6 Å². The standard InChI is InChI=1S/C20H34FN3O3.HI/c1-4-6-12-26-14-15-27-13-11-23-20(22-5-2)24-16-19(25-3)17-7-9-18(21)10-8-17;/h7-10,19H,4-6,11-16H2,1-3H3,(H2,22,23,24);1H. The molecule has 2 N–H and O–H groups in total. The molecule has 0 spiro atoms. The molecule has 0 aliphatic carbocycles. The highest BCUT2D eigenvalue weighted by atomic mass is 127. The van der Waals surface area contributed by atoms with Crippen LogP contribution in [0.15, 0.2) is 29.3 Å². The minimum absolute atomic E-state index is 0. The fraction of sp³-hybridized carbons (Fsp3) is 0.650. The maximum absolute atomic E-state index is 13.1. The number of hydrogen-bond acceptors (Lipinski definition) is 4. The molecule has 1 atom stereocenters. The first-order valence-electron chi connectivity index (χ1n) is 9.67. The van der Waals surface area contributed by atoms with Crippen LogP contribution in [0.4, 0.5) is 4.39 Å². The number of rotatable bonds is 14. The number of methoxy groups -OCH3 is 1. The van der Waals surface area contributed by atoms with Crippen molar-refractivity contribution in [1.29, 1.82) is 0 Å². The fourth-order valence-corrected chi connectivity index (χ4v) is 2.32. The van der Waals surface area contributed by atoms with E-state index in [2.05, 4.69) is 22.5 Å². The highest BCUT2D eigenvalue weighted by molar-refractivity contribution is 14.0. The molecule has 0 aromatic heterocycles. The van der Waals surface area contributed by atoms with Gasteiger partial charge in [0, 0.05) is 26.8 Å². The Labute approximate surface area is 185 Å². The second-order valence-corrected chi connectivity index (χ2v) is 6.00. The van der Waals surface area contributed by atoms with Crippen molar-refractivity contribution in [1.82, 2.24) is 10.6 Å². The van der Waals surface area contributed by atoms with Gasteiger partial charge in [-0.1, -0.05) is 25.5 Å². The molecule has 1 rings (SSSR count). The van der Waals surface area contributed by atoms with Crippen molar-refractivity contribution < 1.29 is 18.6 Å². The van der Waals surface area contributed by atoms with Crippen LogP contribution in [0.2, 0.25) is 0 Å². The third-order valence-corrected chi connectivity index (χ3v) is 3.84. The Hall–Kier alpha value is -0.970. The van der Waals surface area contributed by atoms with Gasteiger partial charge < -0.3 is 24.8 Å². The molecule has 0 fully saturated rings. The van der Waals surface area contributed by atoms with Crippen molar-refractivity contribution in [2.75, 3.05) is 53.2 Å². The van der Waals surface area contributed by atoms with E-state index in [0.29, 0.717) is 38.9 Å². The molecule has 162 valence electrons. The van der Waals surface area contributed by atoms with Gasteiger partial charge >= 0.3 is 0 Å². The fourth-order valence-electron chi connectivity index (χ4n) is 2.32. The van der Waals surface area contributed by atoms with Gasteiger partial charge in [0.2, 0.25) is 0 Å². The predicted molar refractivity (Wildman–Crippen MR) is 122 cm³/mol. The molecular weight excluding hydrogens is 476 g/mol. The van der Waals surface area contributed by atoms with Crippen molar-refractivity contribution in [2.24, 2.45) is 4.99 Å². The molecule has 0 saturated heterocycles. The van der Waals surface area contributed by atoms with E-state index in [1.54, 1.807) is 19.2 Å². The summed E-state index contributed by atoms with van der Waals surface area (Å²) < 4.78 is 29.5. The van der Waals surface area contributed by atoms with Crippen LogP contribution < -0.4 is 10.6 Å². The molecule has 8 heteroatoms. The summed E-state index contributed by atoms with van der Waals surface area (Å²) in [5, 5.41) is 6.42. The van der Waals surface area contributed by atoms with Crippen molar-refractivity contribution in [3.63, 3.8) is 0 Å². The van der Waals surface area contributed by atoms with Crippen LogP contribution in [0.25, 0.3) is 0 Å². The van der Waals surface area contributed by atoms with Crippen LogP contribution >= 0.6 is 24.0 Å². The summed E-state index contributed by atoms with van der Waals surface area (Å²) in [7, 11) is 1.63. The molecule has 28 heavy (non-hydrogen) atoms. The summed E-state index contributed by atoms with van der Waals surface area (Å²) >= 11 is 0. The number of unbranched alkanes of at least 4 members (excludes halogenated alkanes) is 1. The van der Waals surface area contributed by atoms with E-state index in [1.165, 1.54) is 12.1 Å². The first-order valence-corrected chi connectivity index (χ1v) is 9.67. The molecule has 0 amide bonds. The van der Waals surface area contributed by atoms with Crippen LogP contribution in [0.1, 0.15) is 38.4 Å². The summed E-state index contributed by atoms with van der Waals surface area (Å²) in [4.78, 5) is 4.55. The Morgan fingerprint density at radius 1 is 1.04 bits per heavy atom. The van der Waals surface area contributed by atoms with Crippen molar-refractivity contribution >= 4 is 29.9 Å². The number of hydrogen-bond donors (Lipinski definition) is 2. The highest BCUT2D eigenvalue weighted by Gasteiger charge is 2.10. The van der Waals surface area contributed by atoms with Gasteiger partial charge in [-0.15, -0.1) is 24.0 Å². The Bertz CT molecular complexity index is 518. The molecule has 0 saturated carbocycles. The van der Waals surface area contributed by atoms with Gasteiger partial charge in [-0.2, -0.15) is 0 Å². The molecule has 1 unspecified atom stereocenters. The summed E-state index contributed by atoms with van der Waals surface area (Å²) in [6, 6.07) is 6.29. The number of nitrogens with one attached hydrogen (secondary N) is 2. The SMILES string of the molecule is CCCCOCCOCCNC(=NCC(OC)c1ccc(F)cc1)NCC.I. The lowest BCUT2D eigenvalue weighted by atomic mass is 10.1. The van der Waals surface area contributed by atoms with E-state index < -0.39 is 0 Å². The molecular formula is C20H35FIN3O3. The minimum atomic E-state index is -0.261. The van der Waals surface area contributed by atoms with Crippen LogP contribution in [-0.4, -0.2) is 59.1 Å². The van der Waals surface area contributed by atoms with Gasteiger partial charge in [-0.3, -0.25) is 4.99 Å². The first kappa shape index (κ1) is 27.0. The number of ether oxygens (including phenoxy) is 3. The zero-order valence-corrected chi connectivity index (χ0v) is 19.5. The number of benzene rings is 1. The third-order valence-electron chi connectivity index (χ3n) is 3.84. The van der Waals surface area contributed by atoms with Gasteiger partial charge in [-0.05, 0) is 31.0 Å². The lowest BCUT2D eigenvalue weighted by Gasteiger charge is -2.16. The van der Waals surface area contributed by atoms with E-state index in [1.807, 2.05) is 6.92 Å². The average Bonchev–Trinajstić information content (AvgIpc) is 2.68. The molecule has 0 bridgehead atoms. The zero-order valence-electron chi connectivity index (χ0n) is 17.2. The number of nitrogens with zero attached hydrogens (tertiary/aromatic N) is 1. The van der Waals surface area contributed by atoms with Gasteiger partial charge in [0.15, 0.2) is 5.96 Å². The lowest BCUT2D eigenvalue weighted by molar-refractivity contribution is 0.0487. The number of halogens is 2. The van der Waals surface area contributed by atoms with E-state index in [9.17, 15) is 4.39 Å². The topological polar surface area (TPSA) is 64.1 Å². The van der Waals surface area contributed by atoms with Gasteiger partial charge in [-0.25, -0.2) is 4.39 Å². The summed E-state index contributed by atoms with van der Waals surface area (Å²) in [5.41, 5.74) is 0.893. The molecule has 1 aromatic carbocycles. The molecule has 0 radical (unpaired) electrons. The van der Waals surface area contributed by atoms with Crippen LogP contribution in [0.5, 0.6) is 0 Å². The molecule has 6 nitrogen and oxygen atoms in total. The lowest BCUT2D eigenvalue weighted by Crippen LogP contribution is -2.39. The smallest absolute Gasteiger partial charge is 0.191 e. The number of guanidine groups is 1. The van der Waals surface area contributed by atoms with Gasteiger partial charge in [0.25, 0.3) is 0 Å². The first-order chi connectivity index (χ1) is 13.2. The predicted octanol–water partition coefficient (Wildman–Crippen LogP) is 3.52. The van der Waals surface area contributed by atoms with E-state index in [0.717, 1.165) is 31.6 Å². The normalized spacial score (nSPS) is 12.4. The monoisotopic (exact) mass is 511 g/mol. The van der Waals surface area contributed by atoms with Crippen molar-refractivity contribution in [2.45, 2.75) is 32.8 Å². The highest BCUT2D eigenvalue weighted by Crippen LogP contribution is 2.17. The Morgan fingerprint density at radius 2 is 1.71 bits per heavy atom. The van der Waals surface area contributed by atoms with Crippen LogP contribution in [0, 0.1) is 5.82 Å². The van der Waals surface area contributed by atoms with Gasteiger partial charge in [0.1, 0.15) is 11.9 Å². The molecule has 0 aliphatic rings. The Kier molecular flexibility index (Phi) is 17.5. The molecule has 0 aliphatic heterocycles. The summed E-state index contributed by atoms with van der Waals surface area (Å²) in [6.07, 6.45) is 2.00. The summed E-state index contributed by atoms with van der Waals surface area (Å²) in [6.45, 7) is 8.58. The Balaban J connectivity index is 0.00000729. The average molecular weight is 511 g/mol. The second-order valence-electron chi connectivity index (χ2n) is 6.00. The maximum Gasteiger partial charge on any atom is 0.191 e. The van der Waals surface area contributed by atoms with Crippen LogP contribution in [-0.2, 0) is 14.2 Å². The van der Waals surface area contributed by atoms with E-state index in [4.69, 9.17) is 14.2 Å². The van der Waals surface area contributed by atoms with Crippen LogP contribution in [0.3, 0.4) is 0 Å². The van der Waals surface area contributed by atoms with E-state index >= 15 is 0 Å². The molecule has 1 aromatic rings. The maximum atomic E-state index is 13.1. The Morgan fingerprint density at radius 3 is 2.32 bits per heavy atom. The molecule has 0 heterocycles. The second kappa shape index (κ2) is 18.1. The third kappa shape index (κ3) is 12.5. The number of aliphatic imine (C=N–C) groups is 1. The van der Waals surface area contributed by atoms with E-state index in [-0.39, 0.29) is 35.9 Å². The zero-order chi connectivity index (χ0) is 19.7.